The van der Waals surface area contributed by atoms with Crippen molar-refractivity contribution in [3.8, 4) is 0 Å². The first-order valence-corrected chi connectivity index (χ1v) is 87.1. The summed E-state index contributed by atoms with van der Waals surface area (Å²) in [4.78, 5) is 28.1. The molecule has 4 atom stereocenters. The van der Waals surface area contributed by atoms with Crippen LogP contribution in [0.1, 0.15) is 25.7 Å². The van der Waals surface area contributed by atoms with E-state index in [1.165, 1.54) is 22.0 Å². The van der Waals surface area contributed by atoms with Crippen molar-refractivity contribution in [2.45, 2.75) is 310 Å². The Morgan fingerprint density at radius 2 is 0.387 bits per heavy atom. The number of carbonyl (C=O) groups is 2. The van der Waals surface area contributed by atoms with Crippen LogP contribution in [0.25, 0.3) is 0 Å². The molecule has 0 bridgehead atoms. The normalized spacial score (nSPS) is 15.4. The molecular weight excluding hydrogens is 1620 g/mol. The summed E-state index contributed by atoms with van der Waals surface area (Å²) in [5, 5.41) is 43.3. The lowest BCUT2D eigenvalue weighted by Crippen LogP contribution is -2.60. The third-order valence-corrected chi connectivity index (χ3v) is 60.8. The summed E-state index contributed by atoms with van der Waals surface area (Å²) >= 11 is 0. The number of rotatable bonds is 58. The van der Waals surface area contributed by atoms with Gasteiger partial charge >= 0.3 is 35.2 Å². The maximum atomic E-state index is 12.7. The molecule has 4 unspecified atom stereocenters. The largest absolute Gasteiger partial charge is 0.469 e. The first-order valence-electron chi connectivity index (χ1n) is 38.4. The third kappa shape index (κ3) is 60.6. The second-order valence-electron chi connectivity index (χ2n) is 39.5. The van der Waals surface area contributed by atoms with Gasteiger partial charge in [-0.1, -0.05) is 13.2 Å². The average Bonchev–Trinajstić information content (AvgIpc) is 0.824. The Morgan fingerprint density at radius 1 is 0.264 bits per heavy atom. The van der Waals surface area contributed by atoms with Crippen LogP contribution >= 0.6 is 0 Å². The predicted molar refractivity (Wildman–Crippen MR) is 475 cm³/mol. The minimum atomic E-state index is -2.97. The van der Waals surface area contributed by atoms with E-state index in [4.69, 9.17) is 68.3 Å². The van der Waals surface area contributed by atoms with Gasteiger partial charge in [0, 0.05) is 76.8 Å². The fourth-order valence-electron chi connectivity index (χ4n) is 10.9. The van der Waals surface area contributed by atoms with Crippen LogP contribution in [0.15, 0.2) is 25.3 Å². The highest BCUT2D eigenvalue weighted by Gasteiger charge is 2.54. The van der Waals surface area contributed by atoms with E-state index < -0.39 is 159 Å². The summed E-state index contributed by atoms with van der Waals surface area (Å²) in [6, 6.07) is 2.56. The molecule has 0 aliphatic carbocycles. The van der Waals surface area contributed by atoms with Gasteiger partial charge in [-0.3, -0.25) is 9.59 Å². The maximum absolute atomic E-state index is 12.7. The molecule has 632 valence electrons. The van der Waals surface area contributed by atoms with Crippen LogP contribution in [0.4, 0.5) is 0 Å². The number of nitrogens with zero attached hydrogens (tertiary/aromatic N) is 2. The van der Waals surface area contributed by atoms with E-state index in [1.807, 2.05) is 0 Å². The molecule has 2 amide bonds. The molecule has 4 N–H and O–H groups in total. The predicted octanol–water partition coefficient (Wildman–Crippen LogP) is 15.0. The Hall–Kier alpha value is 1.09. The monoisotopic (exact) mass is 1780 g/mol. The van der Waals surface area contributed by atoms with Gasteiger partial charge in [-0.25, -0.2) is 0 Å². The molecular formula is C66H162N2O22Si16. The molecule has 0 aliphatic rings. The number of aliphatic hydroxyl groups is 4. The zero-order valence-electron chi connectivity index (χ0n) is 74.1. The number of aliphatic hydroxyl groups excluding tert-OH is 4. The van der Waals surface area contributed by atoms with Crippen LogP contribution in [-0.4, -0.2) is 281 Å². The van der Waals surface area contributed by atoms with Gasteiger partial charge in [0.05, 0.1) is 50.8 Å². The molecule has 24 nitrogen and oxygen atoms in total. The van der Waals surface area contributed by atoms with Crippen LogP contribution in [-0.2, 0) is 77.9 Å². The van der Waals surface area contributed by atoms with Crippen molar-refractivity contribution in [3.05, 3.63) is 25.3 Å². The van der Waals surface area contributed by atoms with Crippen molar-refractivity contribution < 1.29 is 98.3 Å². The number of carbonyl (C=O) groups excluding carboxylic acids is 2. The number of hydrogen-bond acceptors (Lipinski definition) is 22. The van der Waals surface area contributed by atoms with Crippen LogP contribution in [0.2, 0.25) is 260 Å². The summed E-state index contributed by atoms with van der Waals surface area (Å²) in [5.41, 5.74) is 0. The zero-order valence-corrected chi connectivity index (χ0v) is 90.1. The molecule has 0 aliphatic heterocycles. The lowest BCUT2D eigenvalue weighted by molar-refractivity contribution is -0.130. The van der Waals surface area contributed by atoms with Crippen molar-refractivity contribution in [2.24, 2.45) is 0 Å². The van der Waals surface area contributed by atoms with Gasteiger partial charge in [-0.2, -0.15) is 0 Å². The van der Waals surface area contributed by atoms with E-state index in [0.29, 0.717) is 76.3 Å². The van der Waals surface area contributed by atoms with E-state index >= 15 is 0 Å². The first kappa shape index (κ1) is 109. The Balaban J connectivity index is 0. The van der Waals surface area contributed by atoms with E-state index in [2.05, 4.69) is 249 Å². The Morgan fingerprint density at radius 3 is 0.491 bits per heavy atom. The second kappa shape index (κ2) is 46.3. The third-order valence-electron chi connectivity index (χ3n) is 12.6. The molecule has 0 aromatic heterocycles. The van der Waals surface area contributed by atoms with Crippen LogP contribution in [0.3, 0.4) is 0 Å². The highest BCUT2D eigenvalue weighted by atomic mass is 28.5. The van der Waals surface area contributed by atoms with E-state index in [1.54, 1.807) is 0 Å². The molecule has 0 saturated carbocycles. The van der Waals surface area contributed by atoms with Gasteiger partial charge in [-0.05, 0) is 274 Å². The molecule has 106 heavy (non-hydrogen) atoms. The summed E-state index contributed by atoms with van der Waals surface area (Å²) in [6.45, 7) is 86.6. The van der Waals surface area contributed by atoms with Gasteiger partial charge in [-0.15, -0.1) is 0 Å². The van der Waals surface area contributed by atoms with Crippen molar-refractivity contribution in [3.63, 3.8) is 0 Å². The zero-order chi connectivity index (χ0) is 83.5. The minimum Gasteiger partial charge on any atom is -0.417 e. The molecule has 0 fully saturated rings. The summed E-state index contributed by atoms with van der Waals surface area (Å²) in [5.74, 6) is -0.777. The van der Waals surface area contributed by atoms with Gasteiger partial charge in [0.2, 0.25) is 11.8 Å². The first-order chi connectivity index (χ1) is 47.2. The number of hydrogen-bond donors (Lipinski definition) is 4. The van der Waals surface area contributed by atoms with Crippen molar-refractivity contribution >= 4 is 147 Å². The van der Waals surface area contributed by atoms with E-state index in [-0.39, 0.29) is 64.4 Å². The number of ether oxygens (including phenoxy) is 4. The van der Waals surface area contributed by atoms with Gasteiger partial charge < -0.3 is 98.6 Å². The van der Waals surface area contributed by atoms with Crippen molar-refractivity contribution in [1.29, 1.82) is 0 Å². The lowest BCUT2D eigenvalue weighted by Gasteiger charge is -2.43. The molecule has 0 rings (SSSR count). The van der Waals surface area contributed by atoms with Crippen molar-refractivity contribution in [2.75, 3.05) is 79.0 Å². The highest BCUT2D eigenvalue weighted by molar-refractivity contribution is 6.93. The fraction of sp³-hybridized carbons (Fsp3) is 0.909. The smallest absolute Gasteiger partial charge is 0.417 e. The Bertz CT molecular complexity index is 2020. The topological polar surface area (TPSA) is 269 Å². The van der Waals surface area contributed by atoms with Crippen LogP contribution < -0.4 is 0 Å². The van der Waals surface area contributed by atoms with Crippen molar-refractivity contribution in [1.82, 2.24) is 9.80 Å². The molecule has 0 radical (unpaired) electrons. The minimum absolute atomic E-state index is 0.0129. The molecule has 0 saturated heterocycles. The molecule has 0 aromatic carbocycles. The Kier molecular flexibility index (Phi) is 47.7. The van der Waals surface area contributed by atoms with Crippen LogP contribution in [0.5, 0.6) is 0 Å². The SMILES string of the molecule is C=CC(=O)N(CC(O)COCCC[Si](O[Si](C)(C)C)(O[Si](C)(C)C)O[Si](C)(C)C)CC(O)COCCC[Si](O[Si](C)(C)C)(O[Si](C)(C)C)O[Si](C)(C)C.C=CC(=O)N(CC(O)COCCC[Si](O[Si](C)(C)C)(O[Si](C)(C)C)O[Si](C)(C)C)CC(O)COCCC[Si](O[Si](C)(C)C)(O[Si](C)(C)C)O[Si](C)(C)C. The van der Waals surface area contributed by atoms with Gasteiger partial charge in [0.15, 0.2) is 99.8 Å². The quantitative estimate of drug-likeness (QED) is 0.0250. The molecule has 0 spiro atoms. The van der Waals surface area contributed by atoms with E-state index in [9.17, 15) is 30.0 Å². The summed E-state index contributed by atoms with van der Waals surface area (Å²) in [6.07, 6.45) is 1.19. The number of amides is 2. The van der Waals surface area contributed by atoms with Crippen LogP contribution in [0, 0.1) is 0 Å². The standard InChI is InChI=1S/2C33H81NO11Si8/c2*1-20-33(37)34(27-31(35)29-38-23-21-25-52(40-46(2,3)4,41-47(5,6)7)42-48(8,9)10)28-32(36)30-39-24-22-26-53(43-49(11,12)13,44-50(14,15)16)45-51(17,18)19/h2*20,31-32,35-36H,1,21-30H2,2-19H3. The second-order valence-corrected chi connectivity index (χ2v) is 107. The Labute approximate surface area is 664 Å². The maximum Gasteiger partial charge on any atom is 0.469 e. The van der Waals surface area contributed by atoms with Gasteiger partial charge in [0.25, 0.3) is 0 Å². The molecule has 0 heterocycles. The summed E-state index contributed by atoms with van der Waals surface area (Å²) in [7, 11) is -35.6. The molecule has 40 heteroatoms. The van der Waals surface area contributed by atoms with Gasteiger partial charge in [0.1, 0.15) is 0 Å². The average molecular weight is 1790 g/mol. The lowest BCUT2D eigenvalue weighted by atomic mass is 10.2. The molecule has 0 aromatic rings. The fourth-order valence-corrected chi connectivity index (χ4v) is 69.4. The highest BCUT2D eigenvalue weighted by Crippen LogP contribution is 2.35. The summed E-state index contributed by atoms with van der Waals surface area (Å²) < 4.78 is 104. The van der Waals surface area contributed by atoms with E-state index in [0.717, 1.165) is 0 Å².